The summed E-state index contributed by atoms with van der Waals surface area (Å²) in [6, 6.07) is 14.4. The number of amides is 1. The van der Waals surface area contributed by atoms with E-state index >= 15 is 0 Å². The summed E-state index contributed by atoms with van der Waals surface area (Å²) in [4.78, 5) is 20.3. The van der Waals surface area contributed by atoms with E-state index in [4.69, 9.17) is 10.7 Å². The van der Waals surface area contributed by atoms with Gasteiger partial charge in [-0.15, -0.1) is 11.3 Å². The number of thiazole rings is 1. The highest BCUT2D eigenvalue weighted by Crippen LogP contribution is 2.48. The van der Waals surface area contributed by atoms with E-state index < -0.39 is 17.2 Å². The number of hydrogen-bond donors (Lipinski definition) is 1. The van der Waals surface area contributed by atoms with Gasteiger partial charge in [-0.2, -0.15) is 5.26 Å². The molecule has 1 N–H and O–H groups in total. The molecule has 5 nitrogen and oxygen atoms in total. The summed E-state index contributed by atoms with van der Waals surface area (Å²) in [5.41, 5.74) is 2.07. The van der Waals surface area contributed by atoms with Crippen molar-refractivity contribution in [3.8, 4) is 16.5 Å². The number of hydrogen-bond acceptors (Lipinski definition) is 5. The Kier molecular flexibility index (Phi) is 5.89. The van der Waals surface area contributed by atoms with Crippen LogP contribution in [-0.2, 0) is 10.2 Å². The quantitative estimate of drug-likeness (QED) is 0.532. The Morgan fingerprint density at radius 1 is 1.27 bits per heavy atom. The first-order valence-electron chi connectivity index (χ1n) is 10.8. The van der Waals surface area contributed by atoms with Gasteiger partial charge >= 0.3 is 0 Å². The van der Waals surface area contributed by atoms with Gasteiger partial charge in [0.15, 0.2) is 0 Å². The molecule has 0 radical (unpaired) electrons. The third-order valence-electron chi connectivity index (χ3n) is 6.46. The maximum atomic E-state index is 13.8. The molecule has 1 saturated heterocycles. The van der Waals surface area contributed by atoms with E-state index in [0.29, 0.717) is 17.9 Å². The maximum Gasteiger partial charge on any atom is 0.236 e. The van der Waals surface area contributed by atoms with Crippen molar-refractivity contribution in [1.82, 2.24) is 9.88 Å². The molecule has 0 aliphatic carbocycles. The lowest BCUT2D eigenvalue weighted by atomic mass is 9.68. The molecule has 1 fully saturated rings. The molecule has 3 aromatic rings. The van der Waals surface area contributed by atoms with Crippen LogP contribution in [0.4, 0.5) is 4.39 Å². The zero-order valence-electron chi connectivity index (χ0n) is 19.0. The number of benzene rings is 2. The number of carbonyl (C=O) groups excluding carboxylic acids is 1. The maximum absolute atomic E-state index is 13.8. The van der Waals surface area contributed by atoms with Crippen LogP contribution in [-0.4, -0.2) is 28.7 Å². The smallest absolute Gasteiger partial charge is 0.236 e. The molecule has 0 unspecified atom stereocenters. The van der Waals surface area contributed by atoms with Crippen LogP contribution in [0.5, 0.6) is 0 Å². The second-order valence-corrected chi connectivity index (χ2v) is 10.1. The van der Waals surface area contributed by atoms with E-state index in [1.54, 1.807) is 19.3 Å². The number of aromatic nitrogens is 1. The van der Waals surface area contributed by atoms with Gasteiger partial charge in [0.2, 0.25) is 5.91 Å². The standard InChI is InChI=1S/C26H25FN4OS/c1-15(2)16-5-7-17(8-6-16)23-24(32)31(4)22(29)12-26(23,3)25-30-14-21(33-25)18-9-10-20(27)19(11-18)13-28/h5-11,14-15,23,29H,12H2,1-4H3/t23-,26+/m1/s1. The second kappa shape index (κ2) is 8.53. The van der Waals surface area contributed by atoms with E-state index in [1.165, 1.54) is 33.9 Å². The lowest BCUT2D eigenvalue weighted by Gasteiger charge is -2.43. The number of nitrogens with zero attached hydrogens (tertiary/aromatic N) is 3. The summed E-state index contributed by atoms with van der Waals surface area (Å²) in [5, 5.41) is 18.3. The normalized spacial score (nSPS) is 20.9. The van der Waals surface area contributed by atoms with Crippen LogP contribution in [0.25, 0.3) is 10.4 Å². The van der Waals surface area contributed by atoms with Crippen LogP contribution in [0.3, 0.4) is 0 Å². The molecule has 1 aliphatic heterocycles. The molecule has 7 heteroatoms. The molecular formula is C26H25FN4OS. The third kappa shape index (κ3) is 3.96. The van der Waals surface area contributed by atoms with Crippen LogP contribution in [0.2, 0.25) is 0 Å². The number of likely N-dealkylation sites (tertiary alicyclic amines) is 1. The molecule has 1 aliphatic rings. The van der Waals surface area contributed by atoms with Gasteiger partial charge < -0.3 is 4.90 Å². The number of carbonyl (C=O) groups is 1. The highest BCUT2D eigenvalue weighted by molar-refractivity contribution is 7.15. The summed E-state index contributed by atoms with van der Waals surface area (Å²) in [7, 11) is 1.65. The minimum Gasteiger partial charge on any atom is -0.303 e. The van der Waals surface area contributed by atoms with Gasteiger partial charge in [-0.3, -0.25) is 10.2 Å². The van der Waals surface area contributed by atoms with Crippen molar-refractivity contribution < 1.29 is 9.18 Å². The molecule has 0 spiro atoms. The Hall–Kier alpha value is -3.37. The molecule has 2 aromatic carbocycles. The first-order valence-corrected chi connectivity index (χ1v) is 11.6. The molecule has 2 atom stereocenters. The monoisotopic (exact) mass is 460 g/mol. The topological polar surface area (TPSA) is 80.8 Å². The average Bonchev–Trinajstić information content (AvgIpc) is 3.29. The average molecular weight is 461 g/mol. The van der Waals surface area contributed by atoms with Crippen LogP contribution in [0.1, 0.15) is 60.7 Å². The van der Waals surface area contributed by atoms with Crippen LogP contribution < -0.4 is 0 Å². The Morgan fingerprint density at radius 2 is 1.97 bits per heavy atom. The summed E-state index contributed by atoms with van der Waals surface area (Å²) < 4.78 is 13.8. The first-order chi connectivity index (χ1) is 15.7. The Labute approximate surface area is 197 Å². The van der Waals surface area contributed by atoms with Gasteiger partial charge in [0, 0.05) is 25.1 Å². The van der Waals surface area contributed by atoms with E-state index in [1.807, 2.05) is 25.1 Å². The van der Waals surface area contributed by atoms with Crippen molar-refractivity contribution in [3.63, 3.8) is 0 Å². The predicted octanol–water partition coefficient (Wildman–Crippen LogP) is 5.83. The van der Waals surface area contributed by atoms with Crippen LogP contribution in [0, 0.1) is 22.6 Å². The molecule has 0 bridgehead atoms. The van der Waals surface area contributed by atoms with Crippen LogP contribution >= 0.6 is 11.3 Å². The highest BCUT2D eigenvalue weighted by atomic mass is 32.1. The van der Waals surface area contributed by atoms with E-state index in [9.17, 15) is 9.18 Å². The minimum absolute atomic E-state index is 0.0203. The fourth-order valence-corrected chi connectivity index (χ4v) is 5.47. The van der Waals surface area contributed by atoms with Crippen LogP contribution in [0.15, 0.2) is 48.7 Å². The zero-order valence-corrected chi connectivity index (χ0v) is 19.8. The number of amidine groups is 1. The van der Waals surface area contributed by atoms with Gasteiger partial charge in [0.1, 0.15) is 22.7 Å². The largest absolute Gasteiger partial charge is 0.303 e. The Bertz CT molecular complexity index is 1270. The summed E-state index contributed by atoms with van der Waals surface area (Å²) in [6.07, 6.45) is 2.07. The molecule has 2 heterocycles. The molecule has 1 aromatic heterocycles. The number of halogens is 1. The number of nitrogens with one attached hydrogen (secondary N) is 1. The van der Waals surface area contributed by atoms with Gasteiger partial charge in [-0.25, -0.2) is 9.37 Å². The molecule has 1 amide bonds. The van der Waals surface area contributed by atoms with Crippen molar-refractivity contribution in [3.05, 3.63) is 76.2 Å². The lowest BCUT2D eigenvalue weighted by molar-refractivity contribution is -0.131. The van der Waals surface area contributed by atoms with Gasteiger partial charge in [-0.05, 0) is 34.7 Å². The predicted molar refractivity (Wildman–Crippen MR) is 128 cm³/mol. The summed E-state index contributed by atoms with van der Waals surface area (Å²) in [6.45, 7) is 6.25. The molecular weight excluding hydrogens is 435 g/mol. The molecule has 168 valence electrons. The van der Waals surface area contributed by atoms with Crippen molar-refractivity contribution in [2.75, 3.05) is 7.05 Å². The van der Waals surface area contributed by atoms with Crippen molar-refractivity contribution in [2.45, 2.75) is 44.4 Å². The SMILES string of the molecule is CC(C)c1ccc([C@@H]2C(=O)N(C)C(=N)C[C@]2(C)c2ncc(-c3ccc(F)c(C#N)c3)s2)cc1. The highest BCUT2D eigenvalue weighted by Gasteiger charge is 2.50. The van der Waals surface area contributed by atoms with E-state index in [-0.39, 0.29) is 17.3 Å². The van der Waals surface area contributed by atoms with Crippen molar-refractivity contribution >= 4 is 23.1 Å². The summed E-state index contributed by atoms with van der Waals surface area (Å²) >= 11 is 1.42. The number of nitriles is 1. The fourth-order valence-electron chi connectivity index (χ4n) is 4.39. The van der Waals surface area contributed by atoms with Gasteiger partial charge in [-0.1, -0.05) is 51.1 Å². The number of rotatable bonds is 4. The molecule has 33 heavy (non-hydrogen) atoms. The third-order valence-corrected chi connectivity index (χ3v) is 7.78. The number of piperidine rings is 1. The van der Waals surface area contributed by atoms with E-state index in [0.717, 1.165) is 15.4 Å². The van der Waals surface area contributed by atoms with Crippen molar-refractivity contribution in [2.24, 2.45) is 0 Å². The van der Waals surface area contributed by atoms with E-state index in [2.05, 4.69) is 31.0 Å². The molecule has 4 rings (SSSR count). The zero-order chi connectivity index (χ0) is 23.9. The minimum atomic E-state index is -0.707. The Balaban J connectivity index is 1.79. The Morgan fingerprint density at radius 3 is 2.61 bits per heavy atom. The fraction of sp³-hybridized carbons (Fsp3) is 0.308. The molecule has 0 saturated carbocycles. The second-order valence-electron chi connectivity index (χ2n) is 9.03. The van der Waals surface area contributed by atoms with Gasteiger partial charge in [0.25, 0.3) is 0 Å². The summed E-state index contributed by atoms with van der Waals surface area (Å²) in [5.74, 6) is -0.532. The lowest BCUT2D eigenvalue weighted by Crippen LogP contribution is -2.52. The van der Waals surface area contributed by atoms with Gasteiger partial charge in [0.05, 0.1) is 16.4 Å². The number of likely N-dealkylation sites (N-methyl/N-ethyl adjacent to an activating group) is 1. The first kappa shape index (κ1) is 22.8. The van der Waals surface area contributed by atoms with Crippen molar-refractivity contribution in [1.29, 1.82) is 10.7 Å².